The van der Waals surface area contributed by atoms with Gasteiger partial charge in [0, 0.05) is 37.9 Å². The number of fused-ring (bicyclic) bond motifs is 1. The van der Waals surface area contributed by atoms with Crippen LogP contribution in [0.5, 0.6) is 5.88 Å². The normalized spacial score (nSPS) is 26.7. The summed E-state index contributed by atoms with van der Waals surface area (Å²) < 4.78 is 10.5. The van der Waals surface area contributed by atoms with E-state index in [0.29, 0.717) is 38.6 Å². The zero-order valence-electron chi connectivity index (χ0n) is 13.2. The highest BCUT2D eigenvalue weighted by atomic mass is 16.5. The van der Waals surface area contributed by atoms with Crippen LogP contribution in [0.25, 0.3) is 0 Å². The van der Waals surface area contributed by atoms with Gasteiger partial charge in [0.05, 0.1) is 25.6 Å². The Balaban J connectivity index is 1.72. The fourth-order valence-electron chi connectivity index (χ4n) is 3.50. The molecule has 124 valence electrons. The number of nitrogens with zero attached hydrogens (tertiary/aromatic N) is 2. The van der Waals surface area contributed by atoms with Gasteiger partial charge in [-0.15, -0.1) is 0 Å². The number of amides is 2. The van der Waals surface area contributed by atoms with E-state index in [-0.39, 0.29) is 24.2 Å². The van der Waals surface area contributed by atoms with Crippen LogP contribution in [0.4, 0.5) is 0 Å². The molecule has 3 heterocycles. The summed E-state index contributed by atoms with van der Waals surface area (Å²) in [6.07, 6.45) is 2.45. The van der Waals surface area contributed by atoms with Crippen molar-refractivity contribution in [3.8, 4) is 5.88 Å². The first-order valence-electron chi connectivity index (χ1n) is 7.69. The highest BCUT2D eigenvalue weighted by Crippen LogP contribution is 2.42. The first kappa shape index (κ1) is 15.7. The van der Waals surface area contributed by atoms with E-state index in [1.54, 1.807) is 23.2 Å². The fraction of sp³-hybridized carbons (Fsp3) is 0.562. The third-order valence-electron chi connectivity index (χ3n) is 4.91. The molecule has 0 radical (unpaired) electrons. The molecule has 2 atom stereocenters. The maximum absolute atomic E-state index is 12.6. The van der Waals surface area contributed by atoms with E-state index in [1.807, 2.05) is 0 Å². The van der Waals surface area contributed by atoms with Gasteiger partial charge in [0.25, 0.3) is 0 Å². The summed E-state index contributed by atoms with van der Waals surface area (Å²) in [5, 5.41) is 0. The standard InChI is InChI=1S/C16H21N3O4/c1-22-13-6-11(2-4-18-13)7-14(20)19-8-12-9-23-5-3-16(12,10-19)15(17)21/h2,4,6,12H,3,5,7-10H2,1H3,(H2,17,21)/t12-,16+/m1/s1. The Kier molecular flexibility index (Phi) is 4.21. The third kappa shape index (κ3) is 2.88. The van der Waals surface area contributed by atoms with Gasteiger partial charge in [-0.2, -0.15) is 0 Å². The molecule has 0 aliphatic carbocycles. The molecule has 7 heteroatoms. The van der Waals surface area contributed by atoms with Gasteiger partial charge in [-0.25, -0.2) is 4.98 Å². The molecule has 0 saturated carbocycles. The number of rotatable bonds is 4. The summed E-state index contributed by atoms with van der Waals surface area (Å²) in [7, 11) is 1.54. The number of hydrogen-bond donors (Lipinski definition) is 1. The highest BCUT2D eigenvalue weighted by molar-refractivity contribution is 5.85. The molecular weight excluding hydrogens is 298 g/mol. The number of pyridine rings is 1. The summed E-state index contributed by atoms with van der Waals surface area (Å²) in [5.74, 6) is 0.122. The predicted octanol–water partition coefficient (Wildman–Crippen LogP) is -0.0169. The van der Waals surface area contributed by atoms with Crippen LogP contribution >= 0.6 is 0 Å². The zero-order chi connectivity index (χ0) is 16.4. The predicted molar refractivity (Wildman–Crippen MR) is 81.6 cm³/mol. The second-order valence-corrected chi connectivity index (χ2v) is 6.20. The monoisotopic (exact) mass is 319 g/mol. The Bertz CT molecular complexity index is 621. The van der Waals surface area contributed by atoms with Crippen LogP contribution in [0, 0.1) is 11.3 Å². The van der Waals surface area contributed by atoms with Crippen molar-refractivity contribution in [2.24, 2.45) is 17.1 Å². The summed E-state index contributed by atoms with van der Waals surface area (Å²) >= 11 is 0. The number of methoxy groups -OCH3 is 1. The van der Waals surface area contributed by atoms with E-state index in [1.165, 1.54) is 7.11 Å². The molecular formula is C16H21N3O4. The van der Waals surface area contributed by atoms with E-state index < -0.39 is 5.41 Å². The van der Waals surface area contributed by atoms with E-state index >= 15 is 0 Å². The SMILES string of the molecule is COc1cc(CC(=O)N2C[C@@H]3COCC[C@]3(C(N)=O)C2)ccn1. The van der Waals surface area contributed by atoms with Gasteiger partial charge in [0.2, 0.25) is 17.7 Å². The van der Waals surface area contributed by atoms with Gasteiger partial charge >= 0.3 is 0 Å². The highest BCUT2D eigenvalue weighted by Gasteiger charge is 2.53. The van der Waals surface area contributed by atoms with Crippen LogP contribution in [0.1, 0.15) is 12.0 Å². The molecule has 0 spiro atoms. The van der Waals surface area contributed by atoms with Crippen molar-refractivity contribution in [2.45, 2.75) is 12.8 Å². The Morgan fingerprint density at radius 3 is 3.09 bits per heavy atom. The zero-order valence-corrected chi connectivity index (χ0v) is 13.2. The van der Waals surface area contributed by atoms with Crippen molar-refractivity contribution in [3.63, 3.8) is 0 Å². The largest absolute Gasteiger partial charge is 0.481 e. The van der Waals surface area contributed by atoms with Gasteiger partial charge in [-0.05, 0) is 18.1 Å². The third-order valence-corrected chi connectivity index (χ3v) is 4.91. The lowest BCUT2D eigenvalue weighted by Gasteiger charge is -2.34. The lowest BCUT2D eigenvalue weighted by atomic mass is 9.74. The number of carbonyl (C=O) groups is 2. The molecule has 1 aromatic rings. The smallest absolute Gasteiger partial charge is 0.227 e. The maximum Gasteiger partial charge on any atom is 0.227 e. The molecule has 2 N–H and O–H groups in total. The number of ether oxygens (including phenoxy) is 2. The summed E-state index contributed by atoms with van der Waals surface area (Å²) in [6.45, 7) is 1.90. The second-order valence-electron chi connectivity index (χ2n) is 6.20. The Morgan fingerprint density at radius 2 is 2.39 bits per heavy atom. The molecule has 2 aliphatic rings. The fourth-order valence-corrected chi connectivity index (χ4v) is 3.50. The van der Waals surface area contributed by atoms with Crippen LogP contribution in [0.15, 0.2) is 18.3 Å². The Hall–Kier alpha value is -2.15. The summed E-state index contributed by atoms with van der Waals surface area (Å²) in [5.41, 5.74) is 5.84. The van der Waals surface area contributed by atoms with Crippen molar-refractivity contribution >= 4 is 11.8 Å². The molecule has 3 rings (SSSR count). The quantitative estimate of drug-likeness (QED) is 0.842. The van der Waals surface area contributed by atoms with E-state index in [9.17, 15) is 9.59 Å². The van der Waals surface area contributed by atoms with E-state index in [4.69, 9.17) is 15.2 Å². The number of carbonyl (C=O) groups excluding carboxylic acids is 2. The summed E-state index contributed by atoms with van der Waals surface area (Å²) in [4.78, 5) is 30.3. The molecule has 23 heavy (non-hydrogen) atoms. The number of likely N-dealkylation sites (tertiary alicyclic amines) is 1. The minimum atomic E-state index is -0.635. The molecule has 7 nitrogen and oxygen atoms in total. The van der Waals surface area contributed by atoms with Gasteiger partial charge in [-0.3, -0.25) is 9.59 Å². The molecule has 1 aromatic heterocycles. The van der Waals surface area contributed by atoms with Crippen LogP contribution in [0.3, 0.4) is 0 Å². The van der Waals surface area contributed by atoms with Crippen molar-refractivity contribution in [1.29, 1.82) is 0 Å². The van der Waals surface area contributed by atoms with Crippen LogP contribution in [-0.2, 0) is 20.7 Å². The number of primary amides is 1. The van der Waals surface area contributed by atoms with Gasteiger partial charge in [0.15, 0.2) is 0 Å². The molecule has 0 aromatic carbocycles. The number of hydrogen-bond acceptors (Lipinski definition) is 5. The molecule has 2 saturated heterocycles. The van der Waals surface area contributed by atoms with Crippen LogP contribution in [-0.4, -0.2) is 55.1 Å². The van der Waals surface area contributed by atoms with Gasteiger partial charge in [0.1, 0.15) is 0 Å². The molecule has 0 unspecified atom stereocenters. The number of nitrogens with two attached hydrogens (primary N) is 1. The van der Waals surface area contributed by atoms with Crippen molar-refractivity contribution < 1.29 is 19.1 Å². The van der Waals surface area contributed by atoms with Crippen LogP contribution in [0.2, 0.25) is 0 Å². The Morgan fingerprint density at radius 1 is 1.57 bits per heavy atom. The minimum absolute atomic E-state index is 0.00956. The first-order valence-corrected chi connectivity index (χ1v) is 7.69. The van der Waals surface area contributed by atoms with Gasteiger partial charge in [-0.1, -0.05) is 0 Å². The van der Waals surface area contributed by atoms with Gasteiger partial charge < -0.3 is 20.1 Å². The van der Waals surface area contributed by atoms with E-state index in [0.717, 1.165) is 5.56 Å². The van der Waals surface area contributed by atoms with Crippen molar-refractivity contribution in [3.05, 3.63) is 23.9 Å². The molecule has 0 bridgehead atoms. The molecule has 2 fully saturated rings. The Labute approximate surface area is 134 Å². The van der Waals surface area contributed by atoms with Crippen molar-refractivity contribution in [1.82, 2.24) is 9.88 Å². The lowest BCUT2D eigenvalue weighted by molar-refractivity contribution is -0.136. The second kappa shape index (κ2) is 6.16. The molecule has 2 amide bonds. The minimum Gasteiger partial charge on any atom is -0.481 e. The lowest BCUT2D eigenvalue weighted by Crippen LogP contribution is -2.48. The average Bonchev–Trinajstić information content (AvgIpc) is 2.96. The maximum atomic E-state index is 12.6. The van der Waals surface area contributed by atoms with Crippen molar-refractivity contribution in [2.75, 3.05) is 33.4 Å². The van der Waals surface area contributed by atoms with E-state index in [2.05, 4.69) is 4.98 Å². The average molecular weight is 319 g/mol. The number of aromatic nitrogens is 1. The first-order chi connectivity index (χ1) is 11.0. The van der Waals surface area contributed by atoms with Crippen LogP contribution < -0.4 is 10.5 Å². The topological polar surface area (TPSA) is 94.7 Å². The summed E-state index contributed by atoms with van der Waals surface area (Å²) in [6, 6.07) is 3.53. The molecule has 2 aliphatic heterocycles.